The number of nitrogens with zero attached hydrogens (tertiary/aromatic N) is 1. The molecule has 4 nitrogen and oxygen atoms in total. The molecule has 0 saturated carbocycles. The van der Waals surface area contributed by atoms with Crippen LogP contribution in [0.1, 0.15) is 34.3 Å². The molecular formula is C23H28N2O2. The van der Waals surface area contributed by atoms with E-state index in [4.69, 9.17) is 0 Å². The summed E-state index contributed by atoms with van der Waals surface area (Å²) in [5.41, 5.74) is 4.46. The standard InChI is InChI=1S/C23H28N2O2/c1-24-20-8-6-16(7-9-20)23(27)17-10-12-25(13-11-17)21-14-18-4-2-3-5-19(18)15-22(21)26/h2-9,17,21-22,24,26H,10-15H2,1H3/t21-,22-/m0/s1. The minimum atomic E-state index is -0.318. The van der Waals surface area contributed by atoms with Gasteiger partial charge in [-0.1, -0.05) is 24.3 Å². The summed E-state index contributed by atoms with van der Waals surface area (Å²) in [6.45, 7) is 1.77. The van der Waals surface area contributed by atoms with Crippen molar-refractivity contribution < 1.29 is 9.90 Å². The Morgan fingerprint density at radius 1 is 1.00 bits per heavy atom. The predicted octanol–water partition coefficient (Wildman–Crippen LogP) is 3.15. The smallest absolute Gasteiger partial charge is 0.166 e. The van der Waals surface area contributed by atoms with Crippen LogP contribution < -0.4 is 5.32 Å². The van der Waals surface area contributed by atoms with Crippen molar-refractivity contribution in [1.29, 1.82) is 0 Å². The Bertz CT molecular complexity index is 794. The highest BCUT2D eigenvalue weighted by atomic mass is 16.3. The average Bonchev–Trinajstić information content (AvgIpc) is 2.73. The van der Waals surface area contributed by atoms with Crippen LogP contribution in [0.3, 0.4) is 0 Å². The van der Waals surface area contributed by atoms with Gasteiger partial charge in [-0.05, 0) is 67.7 Å². The number of hydrogen-bond donors (Lipinski definition) is 2. The van der Waals surface area contributed by atoms with Crippen LogP contribution in [-0.2, 0) is 12.8 Å². The number of hydrogen-bond acceptors (Lipinski definition) is 4. The second kappa shape index (κ2) is 7.83. The first-order valence-electron chi connectivity index (χ1n) is 9.96. The minimum Gasteiger partial charge on any atom is -0.391 e. The van der Waals surface area contributed by atoms with E-state index in [1.165, 1.54) is 11.1 Å². The normalized spacial score (nSPS) is 23.6. The fourth-order valence-electron chi connectivity index (χ4n) is 4.58. The molecule has 0 bridgehead atoms. The summed E-state index contributed by atoms with van der Waals surface area (Å²) in [7, 11) is 1.88. The first kappa shape index (κ1) is 18.2. The van der Waals surface area contributed by atoms with Gasteiger partial charge in [-0.15, -0.1) is 0 Å². The zero-order valence-electron chi connectivity index (χ0n) is 15.9. The van der Waals surface area contributed by atoms with E-state index in [1.54, 1.807) is 0 Å². The molecule has 0 unspecified atom stereocenters. The number of carbonyl (C=O) groups excluding carboxylic acids is 1. The number of likely N-dealkylation sites (tertiary alicyclic amines) is 1. The highest BCUT2D eigenvalue weighted by Crippen LogP contribution is 2.29. The SMILES string of the molecule is CNc1ccc(C(=O)C2CCN([C@H]3Cc4ccccc4C[C@@H]3O)CC2)cc1. The lowest BCUT2D eigenvalue weighted by Crippen LogP contribution is -2.51. The van der Waals surface area contributed by atoms with Crippen LogP contribution in [0.25, 0.3) is 0 Å². The van der Waals surface area contributed by atoms with Gasteiger partial charge in [0.05, 0.1) is 6.10 Å². The molecule has 27 heavy (non-hydrogen) atoms. The maximum atomic E-state index is 12.8. The lowest BCUT2D eigenvalue weighted by Gasteiger charge is -2.41. The number of Topliss-reactive ketones (excluding diaryl/α,β-unsaturated/α-hetero) is 1. The molecule has 0 amide bonds. The third-order valence-electron chi connectivity index (χ3n) is 6.25. The molecular weight excluding hydrogens is 336 g/mol. The molecule has 2 aromatic carbocycles. The van der Waals surface area contributed by atoms with Gasteiger partial charge in [-0.3, -0.25) is 9.69 Å². The number of anilines is 1. The van der Waals surface area contributed by atoms with Crippen molar-refractivity contribution in [1.82, 2.24) is 4.90 Å². The molecule has 1 heterocycles. The summed E-state index contributed by atoms with van der Waals surface area (Å²) in [4.78, 5) is 15.2. The van der Waals surface area contributed by atoms with Crippen LogP contribution >= 0.6 is 0 Å². The summed E-state index contributed by atoms with van der Waals surface area (Å²) in [5, 5.41) is 13.7. The van der Waals surface area contributed by atoms with E-state index >= 15 is 0 Å². The molecule has 4 heteroatoms. The van der Waals surface area contributed by atoms with Gasteiger partial charge in [0.25, 0.3) is 0 Å². The zero-order chi connectivity index (χ0) is 18.8. The maximum Gasteiger partial charge on any atom is 0.166 e. The summed E-state index contributed by atoms with van der Waals surface area (Å²) >= 11 is 0. The van der Waals surface area contributed by atoms with Crippen molar-refractivity contribution in [2.24, 2.45) is 5.92 Å². The number of aliphatic hydroxyl groups excluding tert-OH is 1. The fourth-order valence-corrected chi connectivity index (χ4v) is 4.58. The van der Waals surface area contributed by atoms with Crippen molar-refractivity contribution in [3.63, 3.8) is 0 Å². The van der Waals surface area contributed by atoms with Gasteiger partial charge in [0.2, 0.25) is 0 Å². The summed E-state index contributed by atoms with van der Waals surface area (Å²) in [5.74, 6) is 0.349. The number of nitrogens with one attached hydrogen (secondary N) is 1. The van der Waals surface area contributed by atoms with Crippen molar-refractivity contribution in [3.05, 3.63) is 65.2 Å². The maximum absolute atomic E-state index is 12.8. The zero-order valence-corrected chi connectivity index (χ0v) is 15.9. The van der Waals surface area contributed by atoms with E-state index in [-0.39, 0.29) is 23.8 Å². The van der Waals surface area contributed by atoms with Gasteiger partial charge in [-0.25, -0.2) is 0 Å². The van der Waals surface area contributed by atoms with Crippen LogP contribution in [0.15, 0.2) is 48.5 Å². The van der Waals surface area contributed by atoms with E-state index in [1.807, 2.05) is 37.4 Å². The lowest BCUT2D eigenvalue weighted by molar-refractivity contribution is 0.0239. The van der Waals surface area contributed by atoms with E-state index in [9.17, 15) is 9.90 Å². The second-order valence-corrected chi connectivity index (χ2v) is 7.81. The van der Waals surface area contributed by atoms with Crippen LogP contribution in [0.5, 0.6) is 0 Å². The summed E-state index contributed by atoms with van der Waals surface area (Å²) < 4.78 is 0. The second-order valence-electron chi connectivity index (χ2n) is 7.81. The Hall–Kier alpha value is -2.17. The van der Waals surface area contributed by atoms with Crippen LogP contribution in [0.2, 0.25) is 0 Å². The minimum absolute atomic E-state index is 0.0923. The monoisotopic (exact) mass is 364 g/mol. The molecule has 142 valence electrons. The van der Waals surface area contributed by atoms with Crippen molar-refractivity contribution >= 4 is 11.5 Å². The molecule has 1 saturated heterocycles. The molecule has 0 radical (unpaired) electrons. The van der Waals surface area contributed by atoms with Gasteiger partial charge in [0, 0.05) is 36.7 Å². The van der Waals surface area contributed by atoms with Gasteiger partial charge in [0.1, 0.15) is 0 Å². The Kier molecular flexibility index (Phi) is 5.28. The largest absolute Gasteiger partial charge is 0.391 e. The molecule has 0 aromatic heterocycles. The molecule has 1 fully saturated rings. The topological polar surface area (TPSA) is 52.6 Å². The molecule has 0 spiro atoms. The number of fused-ring (bicyclic) bond motifs is 1. The quantitative estimate of drug-likeness (QED) is 0.819. The molecule has 2 N–H and O–H groups in total. The highest BCUT2D eigenvalue weighted by Gasteiger charge is 2.35. The van der Waals surface area contributed by atoms with Crippen LogP contribution in [0, 0.1) is 5.92 Å². The number of ketones is 1. The van der Waals surface area contributed by atoms with Crippen molar-refractivity contribution in [2.45, 2.75) is 37.8 Å². The molecule has 4 rings (SSSR count). The van der Waals surface area contributed by atoms with E-state index in [0.717, 1.165) is 50.0 Å². The lowest BCUT2D eigenvalue weighted by atomic mass is 9.83. The van der Waals surface area contributed by atoms with Gasteiger partial charge in [-0.2, -0.15) is 0 Å². The van der Waals surface area contributed by atoms with Crippen molar-refractivity contribution in [2.75, 3.05) is 25.5 Å². The number of aliphatic hydroxyl groups is 1. The summed E-state index contributed by atoms with van der Waals surface area (Å²) in [6.07, 6.45) is 3.06. The third-order valence-corrected chi connectivity index (χ3v) is 6.25. The van der Waals surface area contributed by atoms with Crippen molar-refractivity contribution in [3.8, 4) is 0 Å². The number of carbonyl (C=O) groups is 1. The van der Waals surface area contributed by atoms with E-state index in [0.29, 0.717) is 0 Å². The Labute approximate surface area is 161 Å². The Morgan fingerprint density at radius 2 is 1.63 bits per heavy atom. The first-order valence-corrected chi connectivity index (χ1v) is 9.96. The molecule has 1 aliphatic heterocycles. The molecule has 2 aromatic rings. The van der Waals surface area contributed by atoms with Crippen LogP contribution in [-0.4, -0.2) is 48.1 Å². The van der Waals surface area contributed by atoms with E-state index < -0.39 is 0 Å². The fraction of sp³-hybridized carbons (Fsp3) is 0.435. The molecule has 2 atom stereocenters. The summed E-state index contributed by atoms with van der Waals surface area (Å²) in [6, 6.07) is 16.4. The highest BCUT2D eigenvalue weighted by molar-refractivity contribution is 5.98. The number of rotatable bonds is 4. The third kappa shape index (κ3) is 3.78. The Balaban J connectivity index is 1.38. The number of piperidine rings is 1. The molecule has 1 aliphatic carbocycles. The molecule has 2 aliphatic rings. The Morgan fingerprint density at radius 3 is 2.26 bits per heavy atom. The van der Waals surface area contributed by atoms with E-state index in [2.05, 4.69) is 28.4 Å². The van der Waals surface area contributed by atoms with Gasteiger partial charge < -0.3 is 10.4 Å². The average molecular weight is 364 g/mol. The first-order chi connectivity index (χ1) is 13.2. The number of benzene rings is 2. The van der Waals surface area contributed by atoms with Gasteiger partial charge in [0.15, 0.2) is 5.78 Å². The van der Waals surface area contributed by atoms with Crippen LogP contribution in [0.4, 0.5) is 5.69 Å². The predicted molar refractivity (Wildman–Crippen MR) is 108 cm³/mol. The van der Waals surface area contributed by atoms with Gasteiger partial charge >= 0.3 is 0 Å².